The minimum atomic E-state index is -4.55. The maximum absolute atomic E-state index is 13.0. The van der Waals surface area contributed by atoms with Crippen molar-refractivity contribution in [1.29, 1.82) is 0 Å². The number of H-pyrrole nitrogens is 1. The summed E-state index contributed by atoms with van der Waals surface area (Å²) in [5, 5.41) is 0. The number of rotatable bonds is 6. The molecule has 0 aliphatic heterocycles. The molecule has 2 heterocycles. The SMILES string of the molecule is COc1cc(C(C)CC(=O)c2cc(=O)[nH]c(-c3ncccn3)n2)ccc1C(F)(F)F. The zero-order valence-corrected chi connectivity index (χ0v) is 16.0. The fourth-order valence-electron chi connectivity index (χ4n) is 2.88. The first-order valence-corrected chi connectivity index (χ1v) is 8.86. The summed E-state index contributed by atoms with van der Waals surface area (Å²) < 4.78 is 43.9. The molecule has 30 heavy (non-hydrogen) atoms. The Hall–Kier alpha value is -3.56. The molecular weight excluding hydrogens is 401 g/mol. The highest BCUT2D eigenvalue weighted by atomic mass is 19.4. The van der Waals surface area contributed by atoms with Crippen LogP contribution in [0.25, 0.3) is 11.6 Å². The summed E-state index contributed by atoms with van der Waals surface area (Å²) in [4.78, 5) is 39.2. The predicted octanol–water partition coefficient (Wildman–Crippen LogP) is 3.63. The average molecular weight is 418 g/mol. The van der Waals surface area contributed by atoms with Crippen LogP contribution in [0.1, 0.15) is 40.9 Å². The number of carbonyl (C=O) groups is 1. The van der Waals surface area contributed by atoms with Gasteiger partial charge in [-0.1, -0.05) is 13.0 Å². The van der Waals surface area contributed by atoms with Crippen LogP contribution in [0, 0.1) is 0 Å². The second kappa shape index (κ2) is 8.44. The number of nitrogens with one attached hydrogen (secondary N) is 1. The monoisotopic (exact) mass is 418 g/mol. The highest BCUT2D eigenvalue weighted by Crippen LogP contribution is 2.38. The van der Waals surface area contributed by atoms with Crippen LogP contribution in [-0.4, -0.2) is 32.8 Å². The van der Waals surface area contributed by atoms with Crippen molar-refractivity contribution in [1.82, 2.24) is 19.9 Å². The molecule has 3 rings (SSSR count). The zero-order chi connectivity index (χ0) is 21.9. The van der Waals surface area contributed by atoms with E-state index in [1.807, 2.05) is 0 Å². The molecule has 2 aromatic heterocycles. The number of aromatic nitrogens is 4. The number of Topliss-reactive ketones (excluding diaryl/α,β-unsaturated/α-hetero) is 1. The Kier molecular flexibility index (Phi) is 5.95. The highest BCUT2D eigenvalue weighted by Gasteiger charge is 2.34. The van der Waals surface area contributed by atoms with E-state index >= 15 is 0 Å². The van der Waals surface area contributed by atoms with Crippen LogP contribution >= 0.6 is 0 Å². The van der Waals surface area contributed by atoms with Gasteiger partial charge in [0.15, 0.2) is 17.4 Å². The number of aromatic amines is 1. The van der Waals surface area contributed by atoms with Crippen molar-refractivity contribution in [3.8, 4) is 17.4 Å². The summed E-state index contributed by atoms with van der Waals surface area (Å²) in [5.41, 5.74) is -1.02. The molecule has 0 saturated heterocycles. The standard InChI is InChI=1S/C20H17F3N4O3/c1-11(12-4-5-13(20(21,22)23)16(9-12)30-2)8-15(28)14-10-17(29)27-19(26-14)18-24-6-3-7-25-18/h3-7,9-11H,8H2,1-2H3,(H,26,27,29). The lowest BCUT2D eigenvalue weighted by atomic mass is 9.93. The van der Waals surface area contributed by atoms with Gasteiger partial charge in [-0.15, -0.1) is 0 Å². The van der Waals surface area contributed by atoms with Crippen molar-refractivity contribution >= 4 is 5.78 Å². The van der Waals surface area contributed by atoms with Crippen LogP contribution in [0.3, 0.4) is 0 Å². The lowest BCUT2D eigenvalue weighted by Crippen LogP contribution is -2.16. The molecule has 0 aliphatic carbocycles. The number of carbonyl (C=O) groups excluding carboxylic acids is 1. The van der Waals surface area contributed by atoms with E-state index in [0.29, 0.717) is 5.56 Å². The van der Waals surface area contributed by atoms with Gasteiger partial charge in [0, 0.05) is 24.9 Å². The number of hydrogen-bond acceptors (Lipinski definition) is 6. The van der Waals surface area contributed by atoms with Crippen molar-refractivity contribution in [2.24, 2.45) is 0 Å². The van der Waals surface area contributed by atoms with Crippen molar-refractivity contribution in [3.63, 3.8) is 0 Å². The largest absolute Gasteiger partial charge is 0.496 e. The average Bonchev–Trinajstić information content (AvgIpc) is 2.72. The molecular formula is C20H17F3N4O3. The van der Waals surface area contributed by atoms with Crippen LogP contribution in [0.4, 0.5) is 13.2 Å². The molecule has 1 aromatic carbocycles. The Morgan fingerprint density at radius 1 is 1.20 bits per heavy atom. The van der Waals surface area contributed by atoms with Gasteiger partial charge in [0.2, 0.25) is 0 Å². The summed E-state index contributed by atoms with van der Waals surface area (Å²) in [6.07, 6.45) is -1.68. The van der Waals surface area contributed by atoms with Crippen LogP contribution in [-0.2, 0) is 6.18 Å². The number of alkyl halides is 3. The van der Waals surface area contributed by atoms with Gasteiger partial charge in [0.25, 0.3) is 5.56 Å². The van der Waals surface area contributed by atoms with Crippen LogP contribution < -0.4 is 10.3 Å². The van der Waals surface area contributed by atoms with Crippen molar-refractivity contribution in [3.05, 3.63) is 69.9 Å². The summed E-state index contributed by atoms with van der Waals surface area (Å²) in [5.74, 6) is -0.993. The van der Waals surface area contributed by atoms with Crippen LogP contribution in [0.5, 0.6) is 5.75 Å². The number of halogens is 3. The van der Waals surface area contributed by atoms with Gasteiger partial charge in [-0.25, -0.2) is 15.0 Å². The fourth-order valence-corrected chi connectivity index (χ4v) is 2.88. The van der Waals surface area contributed by atoms with E-state index in [0.717, 1.165) is 19.2 Å². The quantitative estimate of drug-likeness (QED) is 0.614. The molecule has 0 radical (unpaired) electrons. The van der Waals surface area contributed by atoms with E-state index in [2.05, 4.69) is 19.9 Å². The number of nitrogens with zero attached hydrogens (tertiary/aromatic N) is 3. The Bertz CT molecular complexity index is 1110. The molecule has 1 unspecified atom stereocenters. The van der Waals surface area contributed by atoms with E-state index < -0.39 is 29.0 Å². The van der Waals surface area contributed by atoms with Crippen molar-refractivity contribution < 1.29 is 22.7 Å². The number of hydrogen-bond donors (Lipinski definition) is 1. The predicted molar refractivity (Wildman–Crippen MR) is 101 cm³/mol. The lowest BCUT2D eigenvalue weighted by molar-refractivity contribution is -0.138. The van der Waals surface area contributed by atoms with E-state index in [1.165, 1.54) is 24.5 Å². The molecule has 0 amide bonds. The maximum atomic E-state index is 13.0. The zero-order valence-electron chi connectivity index (χ0n) is 16.0. The summed E-state index contributed by atoms with van der Waals surface area (Å²) in [6, 6.07) is 6.14. The van der Waals surface area contributed by atoms with Gasteiger partial charge in [-0.05, 0) is 29.7 Å². The third kappa shape index (κ3) is 4.70. The molecule has 10 heteroatoms. The number of ether oxygens (including phenoxy) is 1. The molecule has 156 valence electrons. The summed E-state index contributed by atoms with van der Waals surface area (Å²) in [6.45, 7) is 1.69. The topological polar surface area (TPSA) is 97.8 Å². The molecule has 0 aliphatic rings. The van der Waals surface area contributed by atoms with E-state index in [1.54, 1.807) is 13.0 Å². The highest BCUT2D eigenvalue weighted by molar-refractivity contribution is 5.94. The van der Waals surface area contributed by atoms with Crippen LogP contribution in [0.2, 0.25) is 0 Å². The molecule has 1 N–H and O–H groups in total. The smallest absolute Gasteiger partial charge is 0.419 e. The Labute approximate surface area is 169 Å². The molecule has 0 spiro atoms. The molecule has 7 nitrogen and oxygen atoms in total. The van der Waals surface area contributed by atoms with Crippen LogP contribution in [0.15, 0.2) is 47.5 Å². The molecule has 0 saturated carbocycles. The first-order valence-electron chi connectivity index (χ1n) is 8.86. The third-order valence-electron chi connectivity index (χ3n) is 4.40. The van der Waals surface area contributed by atoms with Gasteiger partial charge in [0.1, 0.15) is 11.4 Å². The molecule has 3 aromatic rings. The Balaban J connectivity index is 1.84. The van der Waals surface area contributed by atoms with E-state index in [-0.39, 0.29) is 29.5 Å². The third-order valence-corrected chi connectivity index (χ3v) is 4.40. The van der Waals surface area contributed by atoms with Gasteiger partial charge in [-0.3, -0.25) is 9.59 Å². The number of methoxy groups -OCH3 is 1. The number of ketones is 1. The summed E-state index contributed by atoms with van der Waals surface area (Å²) in [7, 11) is 1.15. The molecule has 1 atom stereocenters. The van der Waals surface area contributed by atoms with Gasteiger partial charge < -0.3 is 9.72 Å². The van der Waals surface area contributed by atoms with E-state index in [9.17, 15) is 22.8 Å². The maximum Gasteiger partial charge on any atom is 0.419 e. The second-order valence-corrected chi connectivity index (χ2v) is 6.54. The first kappa shape index (κ1) is 21.2. The Morgan fingerprint density at radius 3 is 2.53 bits per heavy atom. The lowest BCUT2D eigenvalue weighted by Gasteiger charge is -2.16. The second-order valence-electron chi connectivity index (χ2n) is 6.54. The van der Waals surface area contributed by atoms with E-state index in [4.69, 9.17) is 4.74 Å². The van der Waals surface area contributed by atoms with Gasteiger partial charge in [0.05, 0.1) is 12.7 Å². The molecule has 0 fully saturated rings. The van der Waals surface area contributed by atoms with Crippen molar-refractivity contribution in [2.75, 3.05) is 7.11 Å². The van der Waals surface area contributed by atoms with Gasteiger partial charge in [-0.2, -0.15) is 13.2 Å². The first-order chi connectivity index (χ1) is 14.2. The number of benzene rings is 1. The Morgan fingerprint density at radius 2 is 1.90 bits per heavy atom. The minimum Gasteiger partial charge on any atom is -0.496 e. The van der Waals surface area contributed by atoms with Gasteiger partial charge >= 0.3 is 6.18 Å². The fraction of sp³-hybridized carbons (Fsp3) is 0.250. The minimum absolute atomic E-state index is 0.0512. The molecule has 0 bridgehead atoms. The van der Waals surface area contributed by atoms with Crippen molar-refractivity contribution in [2.45, 2.75) is 25.4 Å². The summed E-state index contributed by atoms with van der Waals surface area (Å²) >= 11 is 0. The normalized spacial score (nSPS) is 12.4.